The Morgan fingerprint density at radius 3 is 2.86 bits per heavy atom. The Morgan fingerprint density at radius 1 is 1.50 bits per heavy atom. The molecule has 2 rings (SSSR count). The molecular weight excluding hydrogens is 192 g/mol. The van der Waals surface area contributed by atoms with E-state index in [1.54, 1.807) is 0 Å². The normalized spacial score (nSPS) is 19.6. The molecule has 2 N–H and O–H groups in total. The fraction of sp³-hybridized carbons (Fsp3) is 0.727. The van der Waals surface area contributed by atoms with E-state index in [0.29, 0.717) is 5.92 Å². The van der Waals surface area contributed by atoms with Crippen LogP contribution < -0.4 is 5.73 Å². The van der Waals surface area contributed by atoms with E-state index in [1.807, 2.05) is 25.2 Å². The third-order valence-corrected chi connectivity index (χ3v) is 3.52. The summed E-state index contributed by atoms with van der Waals surface area (Å²) in [5.74, 6) is 0.706. The predicted molar refractivity (Wildman–Crippen MR) is 62.8 cm³/mol. The van der Waals surface area contributed by atoms with Crippen molar-refractivity contribution in [3.05, 3.63) is 15.6 Å². The molecule has 3 heteroatoms. The van der Waals surface area contributed by atoms with Crippen molar-refractivity contribution in [3.8, 4) is 0 Å². The highest BCUT2D eigenvalue weighted by Crippen LogP contribution is 2.28. The van der Waals surface area contributed by atoms with Gasteiger partial charge >= 0.3 is 0 Å². The quantitative estimate of drug-likeness (QED) is 0.777. The Kier molecular flexibility index (Phi) is 4.55. The van der Waals surface area contributed by atoms with Crippen LogP contribution in [0.25, 0.3) is 0 Å². The molecule has 0 spiro atoms. The van der Waals surface area contributed by atoms with Crippen molar-refractivity contribution in [1.29, 1.82) is 0 Å². The van der Waals surface area contributed by atoms with Gasteiger partial charge in [-0.2, -0.15) is 0 Å². The van der Waals surface area contributed by atoms with Crippen molar-refractivity contribution in [1.82, 2.24) is 4.98 Å². The molecule has 0 aromatic carbocycles. The van der Waals surface area contributed by atoms with Crippen molar-refractivity contribution < 1.29 is 0 Å². The van der Waals surface area contributed by atoms with Crippen LogP contribution >= 0.6 is 11.3 Å². The first kappa shape index (κ1) is 11.7. The highest BCUT2D eigenvalue weighted by Gasteiger charge is 2.20. The fourth-order valence-corrected chi connectivity index (χ4v) is 2.87. The zero-order valence-electron chi connectivity index (χ0n) is 9.34. The highest BCUT2D eigenvalue weighted by atomic mass is 32.1. The second-order valence-electron chi connectivity index (χ2n) is 3.45. The molecule has 80 valence electrons. The van der Waals surface area contributed by atoms with Gasteiger partial charge in [0.05, 0.1) is 10.7 Å². The first-order chi connectivity index (χ1) is 6.79. The zero-order chi connectivity index (χ0) is 10.6. The van der Waals surface area contributed by atoms with Gasteiger partial charge in [-0.05, 0) is 38.6 Å². The summed E-state index contributed by atoms with van der Waals surface area (Å²) in [4.78, 5) is 5.98. The molecule has 1 aliphatic rings. The average molecular weight is 212 g/mol. The van der Waals surface area contributed by atoms with Crippen molar-refractivity contribution in [2.45, 2.75) is 40.0 Å². The van der Waals surface area contributed by atoms with Crippen LogP contribution in [0, 0.1) is 12.8 Å². The van der Waals surface area contributed by atoms with E-state index in [9.17, 15) is 0 Å². The summed E-state index contributed by atoms with van der Waals surface area (Å²) in [7, 11) is 0. The summed E-state index contributed by atoms with van der Waals surface area (Å²) in [5.41, 5.74) is 6.99. The van der Waals surface area contributed by atoms with Crippen molar-refractivity contribution in [3.63, 3.8) is 0 Å². The van der Waals surface area contributed by atoms with Crippen LogP contribution in [0.2, 0.25) is 0 Å². The van der Waals surface area contributed by atoms with Crippen molar-refractivity contribution in [2.75, 3.05) is 6.54 Å². The Morgan fingerprint density at radius 2 is 2.21 bits per heavy atom. The van der Waals surface area contributed by atoms with Gasteiger partial charge in [-0.1, -0.05) is 13.8 Å². The fourth-order valence-electron chi connectivity index (χ4n) is 1.77. The second kappa shape index (κ2) is 5.47. The van der Waals surface area contributed by atoms with Gasteiger partial charge in [0.15, 0.2) is 0 Å². The summed E-state index contributed by atoms with van der Waals surface area (Å²) in [6, 6.07) is 0. The summed E-state index contributed by atoms with van der Waals surface area (Å²) in [6.45, 7) is 6.91. The minimum absolute atomic E-state index is 0.706. The van der Waals surface area contributed by atoms with E-state index in [1.165, 1.54) is 22.0 Å². The number of nitrogens with two attached hydrogens (primary N) is 1. The molecule has 2 nitrogen and oxygen atoms in total. The third kappa shape index (κ3) is 2.55. The van der Waals surface area contributed by atoms with Gasteiger partial charge in [0.2, 0.25) is 0 Å². The van der Waals surface area contributed by atoms with Crippen LogP contribution in [-0.2, 0) is 12.8 Å². The Bertz CT molecular complexity index is 281. The number of aromatic nitrogens is 1. The van der Waals surface area contributed by atoms with E-state index < -0.39 is 0 Å². The number of fused-ring (bicyclic) bond motifs is 1. The maximum Gasteiger partial charge on any atom is 0.0900 e. The van der Waals surface area contributed by atoms with Crippen LogP contribution in [-0.4, -0.2) is 11.5 Å². The number of thiazole rings is 1. The first-order valence-electron chi connectivity index (χ1n) is 5.45. The molecule has 14 heavy (non-hydrogen) atoms. The lowest BCUT2D eigenvalue weighted by Crippen LogP contribution is -2.21. The number of hydrogen-bond donors (Lipinski definition) is 1. The molecule has 1 aliphatic carbocycles. The Hall–Kier alpha value is -0.410. The maximum atomic E-state index is 5.65. The molecule has 0 saturated carbocycles. The first-order valence-corrected chi connectivity index (χ1v) is 6.26. The summed E-state index contributed by atoms with van der Waals surface area (Å²) in [5, 5.41) is 1.21. The molecule has 0 saturated heterocycles. The summed E-state index contributed by atoms with van der Waals surface area (Å²) in [6.07, 6.45) is 3.53. The van der Waals surface area contributed by atoms with Crippen LogP contribution in [0.4, 0.5) is 0 Å². The summed E-state index contributed by atoms with van der Waals surface area (Å²) >= 11 is 1.84. The van der Waals surface area contributed by atoms with E-state index in [4.69, 9.17) is 5.73 Å². The molecule has 1 aromatic rings. The molecule has 0 amide bonds. The number of hydrogen-bond acceptors (Lipinski definition) is 3. The van der Waals surface area contributed by atoms with Crippen LogP contribution in [0.3, 0.4) is 0 Å². The van der Waals surface area contributed by atoms with Gasteiger partial charge in [0, 0.05) is 4.88 Å². The molecule has 1 unspecified atom stereocenters. The lowest BCUT2D eigenvalue weighted by molar-refractivity contribution is 0.469. The minimum Gasteiger partial charge on any atom is -0.330 e. The van der Waals surface area contributed by atoms with Gasteiger partial charge in [-0.3, -0.25) is 0 Å². The largest absolute Gasteiger partial charge is 0.330 e. The SMILES string of the molecule is CC.Cc1nc2c(s1)CC(CN)CC2. The van der Waals surface area contributed by atoms with Crippen molar-refractivity contribution >= 4 is 11.3 Å². The topological polar surface area (TPSA) is 38.9 Å². The lowest BCUT2D eigenvalue weighted by Gasteiger charge is -2.18. The smallest absolute Gasteiger partial charge is 0.0900 e. The molecule has 0 aliphatic heterocycles. The maximum absolute atomic E-state index is 5.65. The third-order valence-electron chi connectivity index (χ3n) is 2.48. The predicted octanol–water partition coefficient (Wildman–Crippen LogP) is 2.54. The van der Waals surface area contributed by atoms with E-state index in [0.717, 1.165) is 19.4 Å². The van der Waals surface area contributed by atoms with Gasteiger partial charge in [-0.25, -0.2) is 4.98 Å². The molecule has 0 fully saturated rings. The average Bonchev–Trinajstić information content (AvgIpc) is 2.59. The summed E-state index contributed by atoms with van der Waals surface area (Å²) < 4.78 is 0. The molecule has 1 aromatic heterocycles. The second-order valence-corrected chi connectivity index (χ2v) is 4.74. The standard InChI is InChI=1S/C9H14N2S.C2H6/c1-6-11-8-3-2-7(5-10)4-9(8)12-6;1-2/h7H,2-5,10H2,1H3;1-2H3. The lowest BCUT2D eigenvalue weighted by atomic mass is 9.91. The van der Waals surface area contributed by atoms with E-state index in [-0.39, 0.29) is 0 Å². The molecule has 1 heterocycles. The van der Waals surface area contributed by atoms with Crippen molar-refractivity contribution in [2.24, 2.45) is 11.7 Å². The van der Waals surface area contributed by atoms with Gasteiger partial charge < -0.3 is 5.73 Å². The van der Waals surface area contributed by atoms with E-state index >= 15 is 0 Å². The number of rotatable bonds is 1. The van der Waals surface area contributed by atoms with Gasteiger partial charge in [0.25, 0.3) is 0 Å². The van der Waals surface area contributed by atoms with Crippen LogP contribution in [0.5, 0.6) is 0 Å². The number of aryl methyl sites for hydroxylation is 2. The highest BCUT2D eigenvalue weighted by molar-refractivity contribution is 7.11. The van der Waals surface area contributed by atoms with Gasteiger partial charge in [0.1, 0.15) is 0 Å². The molecule has 0 bridgehead atoms. The van der Waals surface area contributed by atoms with E-state index in [2.05, 4.69) is 11.9 Å². The molecule has 0 radical (unpaired) electrons. The Labute approximate surface area is 90.6 Å². The van der Waals surface area contributed by atoms with Gasteiger partial charge in [-0.15, -0.1) is 11.3 Å². The monoisotopic (exact) mass is 212 g/mol. The van der Waals surface area contributed by atoms with Crippen LogP contribution in [0.1, 0.15) is 35.8 Å². The molecular formula is C11H20N2S. The molecule has 1 atom stereocenters. The minimum atomic E-state index is 0.706. The number of nitrogens with zero attached hydrogens (tertiary/aromatic N) is 1. The Balaban J connectivity index is 0.000000461. The zero-order valence-corrected chi connectivity index (χ0v) is 10.2. The van der Waals surface area contributed by atoms with Crippen LogP contribution in [0.15, 0.2) is 0 Å².